The molecule has 0 aromatic heterocycles. The lowest BCUT2D eigenvalue weighted by molar-refractivity contribution is 0.109. The van der Waals surface area contributed by atoms with Crippen LogP contribution in [0.1, 0.15) is 20.3 Å². The van der Waals surface area contributed by atoms with Crippen LogP contribution in [0.15, 0.2) is 60.7 Å². The van der Waals surface area contributed by atoms with E-state index in [2.05, 4.69) is 43.4 Å². The third kappa shape index (κ3) is 3.28. The van der Waals surface area contributed by atoms with Crippen molar-refractivity contribution in [2.75, 3.05) is 13.2 Å². The van der Waals surface area contributed by atoms with E-state index >= 15 is 0 Å². The summed E-state index contributed by atoms with van der Waals surface area (Å²) in [6.07, 6.45) is 0.993. The number of fused-ring (bicyclic) bond motifs is 1. The van der Waals surface area contributed by atoms with Gasteiger partial charge in [0.25, 0.3) is 8.32 Å². The summed E-state index contributed by atoms with van der Waals surface area (Å²) in [4.78, 5) is 12.3. The summed E-state index contributed by atoms with van der Waals surface area (Å²) in [5.41, 5.74) is 0. The Labute approximate surface area is 167 Å². The molecule has 2 aromatic rings. The molecule has 4 rings (SSSR count). The summed E-state index contributed by atoms with van der Waals surface area (Å²) in [6.45, 7) is 5.95. The van der Waals surface area contributed by atoms with Gasteiger partial charge >= 0.3 is 0 Å². The van der Waals surface area contributed by atoms with Gasteiger partial charge in [-0.2, -0.15) is 0 Å². The number of rotatable bonds is 5. The molecule has 2 fully saturated rings. The number of hydrogen-bond donors (Lipinski definition) is 2. The Bertz CT molecular complexity index is 731. The van der Waals surface area contributed by atoms with Gasteiger partial charge in [0.15, 0.2) is 0 Å². The minimum atomic E-state index is -2.97. The number of ether oxygens (including phenoxy) is 1. The summed E-state index contributed by atoms with van der Waals surface area (Å²) >= 11 is 6.40. The standard InChI is InChI=1S/C22H28ClNO2Si/c1-22(2,13-16-15-26-21-19(23)14-24-20(16)21)27(25,17-9-5-3-6-10-17)18-11-7-4-8-12-18/h3-12,16,19-21,24-25H,13-15H2,1-2H3/t16-,19+,20+,21+/m0/s1. The summed E-state index contributed by atoms with van der Waals surface area (Å²) in [6, 6.07) is 20.7. The molecule has 4 atom stereocenters. The summed E-state index contributed by atoms with van der Waals surface area (Å²) in [5.74, 6) is 0.361. The van der Waals surface area contributed by atoms with Gasteiger partial charge in [-0.3, -0.25) is 0 Å². The average Bonchev–Trinajstić information content (AvgIpc) is 3.25. The summed E-state index contributed by atoms with van der Waals surface area (Å²) in [7, 11) is -2.97. The van der Waals surface area contributed by atoms with Crippen LogP contribution in [0.2, 0.25) is 5.04 Å². The van der Waals surface area contributed by atoms with Gasteiger partial charge in [0.2, 0.25) is 0 Å². The number of nitrogens with one attached hydrogen (secondary N) is 1. The van der Waals surface area contributed by atoms with Gasteiger partial charge in [-0.15, -0.1) is 11.6 Å². The van der Waals surface area contributed by atoms with E-state index in [9.17, 15) is 4.80 Å². The molecule has 27 heavy (non-hydrogen) atoms. The number of alkyl halides is 1. The molecule has 0 amide bonds. The first-order chi connectivity index (χ1) is 12.9. The zero-order chi connectivity index (χ0) is 19.1. The Kier molecular flexibility index (Phi) is 5.21. The maximum absolute atomic E-state index is 12.3. The lowest BCUT2D eigenvalue weighted by Gasteiger charge is -2.43. The highest BCUT2D eigenvalue weighted by molar-refractivity contribution is 6.98. The van der Waals surface area contributed by atoms with Gasteiger partial charge in [-0.25, -0.2) is 0 Å². The molecule has 0 saturated carbocycles. The van der Waals surface area contributed by atoms with Crippen LogP contribution in [0.5, 0.6) is 0 Å². The fourth-order valence-electron chi connectivity index (χ4n) is 4.98. The monoisotopic (exact) mass is 401 g/mol. The Morgan fingerprint density at radius 2 is 1.63 bits per heavy atom. The van der Waals surface area contributed by atoms with Crippen molar-refractivity contribution in [2.45, 2.75) is 42.8 Å². The Hall–Kier alpha value is -1.17. The van der Waals surface area contributed by atoms with Crippen LogP contribution in [0, 0.1) is 5.92 Å². The smallest absolute Gasteiger partial charge is 0.258 e. The molecule has 0 bridgehead atoms. The molecule has 0 aliphatic carbocycles. The normalized spacial score (nSPS) is 28.3. The molecule has 0 radical (unpaired) electrons. The van der Waals surface area contributed by atoms with Crippen molar-refractivity contribution in [3.8, 4) is 0 Å². The van der Waals surface area contributed by atoms with E-state index in [0.29, 0.717) is 12.5 Å². The highest BCUT2D eigenvalue weighted by Crippen LogP contribution is 2.45. The largest absolute Gasteiger partial charge is 0.424 e. The second kappa shape index (κ2) is 7.34. The molecule has 2 heterocycles. The molecule has 144 valence electrons. The molecule has 2 aliphatic rings. The summed E-state index contributed by atoms with van der Waals surface area (Å²) < 4.78 is 6.01. The van der Waals surface area contributed by atoms with Crippen LogP contribution in [-0.2, 0) is 4.74 Å². The van der Waals surface area contributed by atoms with Gasteiger partial charge in [0, 0.05) is 18.5 Å². The van der Waals surface area contributed by atoms with Crippen molar-refractivity contribution in [3.05, 3.63) is 60.7 Å². The average molecular weight is 402 g/mol. The van der Waals surface area contributed by atoms with E-state index in [1.807, 2.05) is 36.4 Å². The first kappa shape index (κ1) is 19.2. The topological polar surface area (TPSA) is 41.5 Å². The van der Waals surface area contributed by atoms with E-state index in [0.717, 1.165) is 23.3 Å². The molecular formula is C22H28ClNO2Si. The molecule has 3 nitrogen and oxygen atoms in total. The minimum Gasteiger partial charge on any atom is -0.424 e. The minimum absolute atomic E-state index is 0.0440. The predicted octanol–water partition coefficient (Wildman–Crippen LogP) is 2.50. The second-order valence-electron chi connectivity index (χ2n) is 8.54. The third-order valence-electron chi connectivity index (χ3n) is 6.40. The van der Waals surface area contributed by atoms with Crippen LogP contribution < -0.4 is 15.7 Å². The Morgan fingerprint density at radius 1 is 1.07 bits per heavy atom. The van der Waals surface area contributed by atoms with Crippen molar-refractivity contribution in [2.24, 2.45) is 5.92 Å². The summed E-state index contributed by atoms with van der Waals surface area (Å²) in [5, 5.41) is 5.46. The fraction of sp³-hybridized carbons (Fsp3) is 0.455. The first-order valence-corrected chi connectivity index (χ1v) is 12.1. The van der Waals surface area contributed by atoms with Crippen molar-refractivity contribution in [3.63, 3.8) is 0 Å². The van der Waals surface area contributed by atoms with Crippen molar-refractivity contribution in [1.82, 2.24) is 5.32 Å². The molecule has 2 aliphatic heterocycles. The van der Waals surface area contributed by atoms with E-state index in [1.165, 1.54) is 0 Å². The van der Waals surface area contributed by atoms with Crippen molar-refractivity contribution in [1.29, 1.82) is 0 Å². The molecule has 5 heteroatoms. The SMILES string of the molecule is CC(C)(C[C@H]1CO[C@H]2[C@@H]1NC[C@H]2Cl)[Si](O)(c1ccccc1)c1ccccc1. The molecule has 2 saturated heterocycles. The molecule has 2 aromatic carbocycles. The van der Waals surface area contributed by atoms with Gasteiger partial charge in [0.05, 0.1) is 18.1 Å². The molecule has 0 unspecified atom stereocenters. The van der Waals surface area contributed by atoms with Crippen LogP contribution in [-0.4, -0.2) is 43.8 Å². The van der Waals surface area contributed by atoms with Crippen LogP contribution in [0.3, 0.4) is 0 Å². The maximum atomic E-state index is 12.3. The molecule has 0 spiro atoms. The van der Waals surface area contributed by atoms with Crippen LogP contribution in [0.4, 0.5) is 0 Å². The maximum Gasteiger partial charge on any atom is 0.258 e. The lowest BCUT2D eigenvalue weighted by atomic mass is 9.90. The zero-order valence-corrected chi connectivity index (χ0v) is 17.7. The van der Waals surface area contributed by atoms with Gasteiger partial charge < -0.3 is 14.8 Å². The third-order valence-corrected chi connectivity index (χ3v) is 11.3. The number of benzene rings is 2. The number of halogens is 1. The van der Waals surface area contributed by atoms with E-state index in [1.54, 1.807) is 0 Å². The van der Waals surface area contributed by atoms with Crippen molar-refractivity contribution < 1.29 is 9.53 Å². The highest BCUT2D eigenvalue weighted by Gasteiger charge is 2.54. The Morgan fingerprint density at radius 3 is 2.19 bits per heavy atom. The van der Waals surface area contributed by atoms with Gasteiger partial charge in [0.1, 0.15) is 0 Å². The van der Waals surface area contributed by atoms with E-state index in [4.69, 9.17) is 16.3 Å². The second-order valence-corrected chi connectivity index (χ2v) is 13.0. The highest BCUT2D eigenvalue weighted by atomic mass is 35.5. The van der Waals surface area contributed by atoms with E-state index in [-0.39, 0.29) is 22.6 Å². The molecular weight excluding hydrogens is 374 g/mol. The van der Waals surface area contributed by atoms with E-state index < -0.39 is 8.32 Å². The predicted molar refractivity (Wildman–Crippen MR) is 113 cm³/mol. The lowest BCUT2D eigenvalue weighted by Crippen LogP contribution is -2.66. The van der Waals surface area contributed by atoms with Crippen LogP contribution >= 0.6 is 11.6 Å². The van der Waals surface area contributed by atoms with Gasteiger partial charge in [-0.1, -0.05) is 74.5 Å². The zero-order valence-electron chi connectivity index (χ0n) is 15.9. The van der Waals surface area contributed by atoms with Gasteiger partial charge in [-0.05, 0) is 21.8 Å². The van der Waals surface area contributed by atoms with Crippen molar-refractivity contribution >= 4 is 30.3 Å². The fourth-order valence-corrected chi connectivity index (χ4v) is 9.11. The van der Waals surface area contributed by atoms with Crippen LogP contribution in [0.25, 0.3) is 0 Å². The quantitative estimate of drug-likeness (QED) is 0.597. The Balaban J connectivity index is 1.69. The molecule has 2 N–H and O–H groups in total. The first-order valence-electron chi connectivity index (χ1n) is 9.76. The number of hydrogen-bond acceptors (Lipinski definition) is 3.